The van der Waals surface area contributed by atoms with Gasteiger partial charge in [0.15, 0.2) is 0 Å². The second-order valence-corrected chi connectivity index (χ2v) is 26.9. The number of aliphatic hydroxyl groups excluding tert-OH is 1. The summed E-state index contributed by atoms with van der Waals surface area (Å²) < 4.78 is 98.8. The molecule has 11 aromatic rings. The van der Waals surface area contributed by atoms with Crippen molar-refractivity contribution >= 4 is 53.0 Å². The number of benzene rings is 7. The van der Waals surface area contributed by atoms with E-state index in [1.165, 1.54) is 24.3 Å². The Labute approximate surface area is 524 Å². The number of nitrogens with zero attached hydrogens (tertiary/aromatic N) is 6. The number of aliphatic hydroxyl groups is 1. The predicted molar refractivity (Wildman–Crippen MR) is 346 cm³/mol. The van der Waals surface area contributed by atoms with Crippen molar-refractivity contribution in [2.75, 3.05) is 24.7 Å². The van der Waals surface area contributed by atoms with Crippen molar-refractivity contribution < 1.29 is 47.6 Å². The van der Waals surface area contributed by atoms with Gasteiger partial charge in [-0.15, -0.1) is 3.63 Å². The molecule has 0 spiro atoms. The van der Waals surface area contributed by atoms with Crippen LogP contribution in [0.4, 0.5) is 11.6 Å². The first-order valence-corrected chi connectivity index (χ1v) is 32.9. The summed E-state index contributed by atoms with van der Waals surface area (Å²) in [5.74, 6) is 6.76. The lowest BCUT2D eigenvalue weighted by atomic mass is 9.75. The van der Waals surface area contributed by atoms with E-state index < -0.39 is 30.4 Å². The molecule has 0 amide bonds. The van der Waals surface area contributed by atoms with Gasteiger partial charge in [0.2, 0.25) is 0 Å². The molecule has 4 aromatic heterocycles. The number of nitrogens with two attached hydrogens (primary N) is 2. The highest BCUT2D eigenvalue weighted by molar-refractivity contribution is 8.00. The number of ether oxygens (including phenoxy) is 2. The zero-order valence-electron chi connectivity index (χ0n) is 48.8. The number of para-hydroxylation sites is 2. The molecule has 0 unspecified atom stereocenters. The molecule has 0 aliphatic heterocycles. The third-order valence-electron chi connectivity index (χ3n) is 15.5. The molecule has 0 atom stereocenters. The minimum atomic E-state index is -4.38. The monoisotopic (exact) mass is 1270 g/mol. The topological polar surface area (TPSA) is 272 Å². The maximum Gasteiger partial charge on any atom is 0.311 e. The molecular formula is C68H68N8O11S3. The molecule has 7 aromatic carbocycles. The molecule has 90 heavy (non-hydrogen) atoms. The van der Waals surface area contributed by atoms with Crippen molar-refractivity contribution in [3.05, 3.63) is 235 Å². The molecular weight excluding hydrogens is 1200 g/mol. The average Bonchev–Trinajstić information content (AvgIpc) is 1.61. The number of aryl methyl sites for hydroxylation is 3. The van der Waals surface area contributed by atoms with E-state index >= 15 is 0 Å². The van der Waals surface area contributed by atoms with Gasteiger partial charge in [-0.05, 0) is 167 Å². The van der Waals surface area contributed by atoms with Gasteiger partial charge in [-0.1, -0.05) is 96.9 Å². The average molecular weight is 1270 g/mol. The first-order chi connectivity index (χ1) is 42.8. The van der Waals surface area contributed by atoms with E-state index in [0.29, 0.717) is 23.5 Å². The maximum atomic E-state index is 12.6. The van der Waals surface area contributed by atoms with Crippen molar-refractivity contribution in [1.29, 1.82) is 0 Å². The SMILES string of the molecule is C.Cc1ccc(S(=O)(=O)OCC2CC(c3nc(-c4ccc(Oc5ccccc5)cc4)c4c(N)nccn34)C2)cc1.Cc1ccc(S(=O)(=O)OS(=O)(=O)c2ccc(C)cc2)cc1.Nc1nccn2c(C3CC(CO)C3)nc(-c3ccc(Oc4ccccc4)cc3)c12. The third kappa shape index (κ3) is 14.6. The van der Waals surface area contributed by atoms with Crippen LogP contribution in [0.15, 0.2) is 221 Å². The molecule has 2 fully saturated rings. The van der Waals surface area contributed by atoms with Gasteiger partial charge in [0.25, 0.3) is 10.1 Å². The van der Waals surface area contributed by atoms with E-state index in [9.17, 15) is 30.4 Å². The number of anilines is 2. The molecule has 13 rings (SSSR count). The second kappa shape index (κ2) is 27.2. The van der Waals surface area contributed by atoms with Gasteiger partial charge >= 0.3 is 20.2 Å². The minimum Gasteiger partial charge on any atom is -0.457 e. The van der Waals surface area contributed by atoms with Gasteiger partial charge < -0.3 is 26.0 Å². The fourth-order valence-electron chi connectivity index (χ4n) is 10.5. The zero-order valence-corrected chi connectivity index (χ0v) is 51.2. The van der Waals surface area contributed by atoms with Crippen LogP contribution in [0.2, 0.25) is 0 Å². The molecule has 2 aliphatic rings. The van der Waals surface area contributed by atoms with Crippen LogP contribution in [-0.4, -0.2) is 72.3 Å². The Morgan fingerprint density at radius 3 is 1.18 bits per heavy atom. The van der Waals surface area contributed by atoms with Gasteiger partial charge in [-0.3, -0.25) is 13.0 Å². The minimum absolute atomic E-state index is 0. The molecule has 0 radical (unpaired) electrons. The molecule has 2 saturated carbocycles. The smallest absolute Gasteiger partial charge is 0.311 e. The van der Waals surface area contributed by atoms with Crippen LogP contribution in [0.25, 0.3) is 33.5 Å². The third-order valence-corrected chi connectivity index (χ3v) is 19.9. The van der Waals surface area contributed by atoms with E-state index in [-0.39, 0.29) is 47.2 Å². The summed E-state index contributed by atoms with van der Waals surface area (Å²) in [4.78, 5) is 18.3. The number of rotatable bonds is 17. The van der Waals surface area contributed by atoms with Gasteiger partial charge in [0.05, 0.1) is 21.3 Å². The fourth-order valence-corrected chi connectivity index (χ4v) is 14.0. The van der Waals surface area contributed by atoms with E-state index in [1.54, 1.807) is 74.8 Å². The van der Waals surface area contributed by atoms with Crippen molar-refractivity contribution in [1.82, 2.24) is 28.7 Å². The number of hydrogen-bond donors (Lipinski definition) is 3. The normalized spacial score (nSPS) is 16.3. The number of hydrogen-bond acceptors (Lipinski definition) is 17. The van der Waals surface area contributed by atoms with Crippen LogP contribution in [-0.2, 0) is 38.2 Å². The Balaban J connectivity index is 0.000000155. The van der Waals surface area contributed by atoms with Crippen LogP contribution in [0.3, 0.4) is 0 Å². The Morgan fingerprint density at radius 2 is 0.811 bits per heavy atom. The molecule has 22 heteroatoms. The largest absolute Gasteiger partial charge is 0.457 e. The van der Waals surface area contributed by atoms with Crippen molar-refractivity contribution in [3.8, 4) is 45.5 Å². The molecule has 464 valence electrons. The lowest BCUT2D eigenvalue weighted by Crippen LogP contribution is -2.28. The van der Waals surface area contributed by atoms with Gasteiger partial charge in [-0.2, -0.15) is 25.3 Å². The first kappa shape index (κ1) is 63.7. The Morgan fingerprint density at radius 1 is 0.467 bits per heavy atom. The lowest BCUT2D eigenvalue weighted by Gasteiger charge is -2.34. The summed E-state index contributed by atoms with van der Waals surface area (Å²) >= 11 is 0. The molecule has 5 N–H and O–H groups in total. The number of nitrogen functional groups attached to an aromatic ring is 2. The molecule has 2 aliphatic carbocycles. The summed E-state index contributed by atoms with van der Waals surface area (Å²) in [6.45, 7) is 5.88. The van der Waals surface area contributed by atoms with Crippen molar-refractivity contribution in [3.63, 3.8) is 0 Å². The molecule has 0 bridgehead atoms. The number of imidazole rings is 2. The molecule has 4 heterocycles. The first-order valence-electron chi connectivity index (χ1n) is 28.6. The van der Waals surface area contributed by atoms with Crippen molar-refractivity contribution in [2.45, 2.75) is 80.4 Å². The second-order valence-electron chi connectivity index (χ2n) is 22.0. The highest BCUT2D eigenvalue weighted by atomic mass is 32.3. The Bertz CT molecular complexity index is 4530. The van der Waals surface area contributed by atoms with Crippen molar-refractivity contribution in [2.24, 2.45) is 11.8 Å². The lowest BCUT2D eigenvalue weighted by molar-refractivity contribution is 0.138. The van der Waals surface area contributed by atoms with E-state index in [2.05, 4.69) is 13.6 Å². The van der Waals surface area contributed by atoms with Crippen LogP contribution >= 0.6 is 0 Å². The van der Waals surface area contributed by atoms with Gasteiger partial charge in [0.1, 0.15) is 68.7 Å². The highest BCUT2D eigenvalue weighted by Gasteiger charge is 2.37. The van der Waals surface area contributed by atoms with Crippen LogP contribution in [0.5, 0.6) is 23.0 Å². The summed E-state index contributed by atoms with van der Waals surface area (Å²) in [6.07, 6.45) is 10.6. The summed E-state index contributed by atoms with van der Waals surface area (Å²) in [5.41, 5.74) is 20.3. The van der Waals surface area contributed by atoms with E-state index in [0.717, 1.165) is 111 Å². The predicted octanol–water partition coefficient (Wildman–Crippen LogP) is 13.3. The fraction of sp³-hybridized carbons (Fsp3) is 0.206. The maximum absolute atomic E-state index is 12.6. The van der Waals surface area contributed by atoms with E-state index in [4.69, 9.17) is 35.1 Å². The van der Waals surface area contributed by atoms with E-state index in [1.807, 2.05) is 137 Å². The summed E-state index contributed by atoms with van der Waals surface area (Å²) in [5, 5.41) is 9.35. The zero-order chi connectivity index (χ0) is 62.5. The Hall–Kier alpha value is -9.29. The summed E-state index contributed by atoms with van der Waals surface area (Å²) in [6, 6.07) is 53.1. The van der Waals surface area contributed by atoms with Crippen LogP contribution in [0, 0.1) is 32.6 Å². The number of aromatic nitrogens is 6. The van der Waals surface area contributed by atoms with Gasteiger partial charge in [-0.25, -0.2) is 19.9 Å². The van der Waals surface area contributed by atoms with Gasteiger partial charge in [0, 0.05) is 54.4 Å². The standard InChI is InChI=1S/C30H28N4O4S.C23H22N4O2.C14H14O5S2.CH4/c1-20-7-13-26(14-8-20)39(35,36)37-19-21-17-23(18-21)30-33-27(28-29(31)32-15-16-34(28)30)22-9-11-25(12-10-22)38-24-5-3-2-4-6-24;24-22-21-20(16-6-8-19(9-7-16)29-18-4-2-1-3-5-18)26-23(27(21)11-10-25-22)17-12-15(13-17)14-28;1-11-3-7-13(8-4-11)20(15,16)19-21(17,18)14-9-5-12(2)6-10-14;/h2-16,21,23H,17-19H2,1H3,(H2,31,32);1-11,15,17,28H,12-14H2,(H2,24,25);3-10H,1-2H3;1H4. The summed E-state index contributed by atoms with van der Waals surface area (Å²) in [7, 11) is -12.5. The Kier molecular flexibility index (Phi) is 19.3. The molecule has 19 nitrogen and oxygen atoms in total. The highest BCUT2D eigenvalue weighted by Crippen LogP contribution is 2.45. The number of fused-ring (bicyclic) bond motifs is 2. The molecule has 0 saturated heterocycles. The van der Waals surface area contributed by atoms with Crippen LogP contribution in [0.1, 0.15) is 73.3 Å². The van der Waals surface area contributed by atoms with Crippen LogP contribution < -0.4 is 20.9 Å². The quantitative estimate of drug-likeness (QED) is 0.0715.